The van der Waals surface area contributed by atoms with Crippen molar-refractivity contribution in [2.75, 3.05) is 0 Å². The highest BCUT2D eigenvalue weighted by Gasteiger charge is 2.14. The first-order chi connectivity index (χ1) is 21.2. The molecule has 0 atom stereocenters. The summed E-state index contributed by atoms with van der Waals surface area (Å²) in [5, 5.41) is 0.658. The molecular formula is C38H25ClN4. The van der Waals surface area contributed by atoms with E-state index in [9.17, 15) is 0 Å². The van der Waals surface area contributed by atoms with Gasteiger partial charge >= 0.3 is 0 Å². The van der Waals surface area contributed by atoms with Crippen molar-refractivity contribution in [3.05, 3.63) is 157 Å². The fourth-order valence-corrected chi connectivity index (χ4v) is 5.21. The van der Waals surface area contributed by atoms with Crippen LogP contribution in [0.2, 0.25) is 5.02 Å². The van der Waals surface area contributed by atoms with Gasteiger partial charge in [-0.05, 0) is 30.3 Å². The fourth-order valence-electron chi connectivity index (χ4n) is 5.02. The van der Waals surface area contributed by atoms with Gasteiger partial charge in [-0.1, -0.05) is 133 Å². The summed E-state index contributed by atoms with van der Waals surface area (Å²) in [5.41, 5.74) is 9.10. The smallest absolute Gasteiger partial charge is 0.160 e. The lowest BCUT2D eigenvalue weighted by atomic mass is 10.0. The van der Waals surface area contributed by atoms with Gasteiger partial charge in [0.25, 0.3) is 0 Å². The molecule has 0 aliphatic heterocycles. The summed E-state index contributed by atoms with van der Waals surface area (Å²) in [5.74, 6) is 1.25. The molecule has 43 heavy (non-hydrogen) atoms. The van der Waals surface area contributed by atoms with Crippen LogP contribution in [0.5, 0.6) is 0 Å². The largest absolute Gasteiger partial charge is 0.228 e. The minimum absolute atomic E-state index is 0.612. The van der Waals surface area contributed by atoms with E-state index in [1.54, 1.807) is 0 Å². The van der Waals surface area contributed by atoms with E-state index in [-0.39, 0.29) is 0 Å². The van der Waals surface area contributed by atoms with Crippen molar-refractivity contribution < 1.29 is 0 Å². The highest BCUT2D eigenvalue weighted by atomic mass is 35.5. The predicted octanol–water partition coefficient (Wildman–Crippen LogP) is 9.92. The fraction of sp³-hybridized carbons (Fsp3) is 0. The number of aromatic nitrogens is 4. The molecule has 7 rings (SSSR count). The summed E-state index contributed by atoms with van der Waals surface area (Å²) >= 11 is 6.35. The zero-order valence-electron chi connectivity index (χ0n) is 23.1. The molecule has 0 amide bonds. The molecule has 0 bridgehead atoms. The quantitative estimate of drug-likeness (QED) is 0.199. The van der Waals surface area contributed by atoms with E-state index in [4.69, 9.17) is 31.5 Å². The zero-order chi connectivity index (χ0) is 29.0. The molecule has 2 aromatic heterocycles. The first kappa shape index (κ1) is 26.4. The summed E-state index contributed by atoms with van der Waals surface area (Å²) in [6.07, 6.45) is 0. The lowest BCUT2D eigenvalue weighted by Crippen LogP contribution is -1.98. The average molecular weight is 573 g/mol. The minimum Gasteiger partial charge on any atom is -0.228 e. The van der Waals surface area contributed by atoms with Crippen molar-refractivity contribution in [1.82, 2.24) is 19.9 Å². The number of hydrogen-bond acceptors (Lipinski definition) is 4. The van der Waals surface area contributed by atoms with Crippen LogP contribution in [0.1, 0.15) is 0 Å². The van der Waals surface area contributed by atoms with Crippen LogP contribution in [0.25, 0.3) is 67.8 Å². The Hall–Kier alpha value is -5.45. The zero-order valence-corrected chi connectivity index (χ0v) is 23.9. The summed E-state index contributed by atoms with van der Waals surface area (Å²) in [7, 11) is 0. The van der Waals surface area contributed by atoms with Gasteiger partial charge in [-0.3, -0.25) is 0 Å². The molecule has 0 saturated heterocycles. The molecule has 5 aromatic carbocycles. The van der Waals surface area contributed by atoms with Crippen molar-refractivity contribution in [2.45, 2.75) is 0 Å². The Bertz CT molecular complexity index is 1970. The van der Waals surface area contributed by atoms with Gasteiger partial charge in [0.2, 0.25) is 0 Å². The molecular weight excluding hydrogens is 548 g/mol. The summed E-state index contributed by atoms with van der Waals surface area (Å²) < 4.78 is 0. The second kappa shape index (κ2) is 11.8. The molecule has 0 aliphatic carbocycles. The van der Waals surface area contributed by atoms with Crippen molar-refractivity contribution in [3.8, 4) is 67.8 Å². The first-order valence-corrected chi connectivity index (χ1v) is 14.4. The summed E-state index contributed by atoms with van der Waals surface area (Å²) in [6.45, 7) is 0. The van der Waals surface area contributed by atoms with Gasteiger partial charge in [0.1, 0.15) is 0 Å². The molecule has 4 nitrogen and oxygen atoms in total. The van der Waals surface area contributed by atoms with Crippen molar-refractivity contribution in [1.29, 1.82) is 0 Å². The lowest BCUT2D eigenvalue weighted by molar-refractivity contribution is 1.17. The molecule has 0 radical (unpaired) electrons. The number of halogens is 1. The Kier molecular flexibility index (Phi) is 7.26. The molecule has 7 aromatic rings. The Morgan fingerprint density at radius 1 is 0.302 bits per heavy atom. The van der Waals surface area contributed by atoms with Crippen LogP contribution in [0.4, 0.5) is 0 Å². The Balaban J connectivity index is 1.37. The van der Waals surface area contributed by atoms with Crippen LogP contribution in [-0.4, -0.2) is 19.9 Å². The number of benzene rings is 5. The second-order valence-electron chi connectivity index (χ2n) is 10.1. The maximum atomic E-state index is 6.35. The van der Waals surface area contributed by atoms with Gasteiger partial charge < -0.3 is 0 Å². The number of nitrogens with zero attached hydrogens (tertiary/aromatic N) is 4. The third-order valence-corrected chi connectivity index (χ3v) is 7.40. The van der Waals surface area contributed by atoms with E-state index in [0.29, 0.717) is 16.7 Å². The Morgan fingerprint density at radius 3 is 1.07 bits per heavy atom. The third-order valence-electron chi connectivity index (χ3n) is 7.16. The topological polar surface area (TPSA) is 51.6 Å². The highest BCUT2D eigenvalue weighted by Crippen LogP contribution is 2.32. The molecule has 0 spiro atoms. The monoisotopic (exact) mass is 572 g/mol. The lowest BCUT2D eigenvalue weighted by Gasteiger charge is -2.12. The summed E-state index contributed by atoms with van der Waals surface area (Å²) in [6, 6.07) is 50.4. The first-order valence-electron chi connectivity index (χ1n) is 14.0. The average Bonchev–Trinajstić information content (AvgIpc) is 3.09. The second-order valence-corrected chi connectivity index (χ2v) is 10.5. The maximum absolute atomic E-state index is 6.35. The van der Waals surface area contributed by atoms with Crippen LogP contribution in [0, 0.1) is 0 Å². The van der Waals surface area contributed by atoms with Crippen LogP contribution in [0.3, 0.4) is 0 Å². The van der Waals surface area contributed by atoms with E-state index < -0.39 is 0 Å². The molecule has 0 unspecified atom stereocenters. The molecule has 0 saturated carbocycles. The molecule has 5 heteroatoms. The molecule has 204 valence electrons. The molecule has 0 fully saturated rings. The van der Waals surface area contributed by atoms with Gasteiger partial charge in [-0.15, -0.1) is 0 Å². The van der Waals surface area contributed by atoms with Gasteiger partial charge in [-0.25, -0.2) is 19.9 Å². The third kappa shape index (κ3) is 5.82. The summed E-state index contributed by atoms with van der Waals surface area (Å²) in [4.78, 5) is 20.0. The van der Waals surface area contributed by atoms with Crippen molar-refractivity contribution >= 4 is 11.6 Å². The van der Waals surface area contributed by atoms with Gasteiger partial charge in [0, 0.05) is 38.4 Å². The van der Waals surface area contributed by atoms with E-state index in [1.165, 1.54) is 0 Å². The van der Waals surface area contributed by atoms with Crippen LogP contribution in [0.15, 0.2) is 152 Å². The van der Waals surface area contributed by atoms with Crippen LogP contribution < -0.4 is 0 Å². The van der Waals surface area contributed by atoms with E-state index in [2.05, 4.69) is 42.5 Å². The normalized spacial score (nSPS) is 10.9. The minimum atomic E-state index is 0.612. The van der Waals surface area contributed by atoms with E-state index >= 15 is 0 Å². The van der Waals surface area contributed by atoms with Gasteiger partial charge in [0.15, 0.2) is 11.6 Å². The van der Waals surface area contributed by atoms with Crippen molar-refractivity contribution in [2.24, 2.45) is 0 Å². The maximum Gasteiger partial charge on any atom is 0.160 e. The Labute approximate surface area is 255 Å². The van der Waals surface area contributed by atoms with Gasteiger partial charge in [0.05, 0.1) is 22.8 Å². The van der Waals surface area contributed by atoms with Crippen LogP contribution in [-0.2, 0) is 0 Å². The van der Waals surface area contributed by atoms with E-state index in [0.717, 1.165) is 56.2 Å². The Morgan fingerprint density at radius 2 is 0.651 bits per heavy atom. The molecule has 2 heterocycles. The molecule has 0 aliphatic rings. The highest BCUT2D eigenvalue weighted by molar-refractivity contribution is 6.30. The standard InChI is InChI=1S/C38H25ClN4/c39-32-21-11-18-29(23-32)36-25-35(28-16-8-3-9-17-28)42-38(43-36)31-20-10-19-30(22-31)37-40-33(26-12-4-1-5-13-26)24-34(41-37)27-14-6-2-7-15-27/h1-25H. The SMILES string of the molecule is Clc1cccc(-c2cc(-c3ccccc3)nc(-c3cccc(-c4nc(-c5ccccc5)cc(-c5ccccc5)n4)c3)n2)c1. The predicted molar refractivity (Wildman–Crippen MR) is 175 cm³/mol. The van der Waals surface area contributed by atoms with Gasteiger partial charge in [-0.2, -0.15) is 0 Å². The number of rotatable bonds is 6. The number of hydrogen-bond donors (Lipinski definition) is 0. The van der Waals surface area contributed by atoms with E-state index in [1.807, 2.05) is 109 Å². The molecule has 0 N–H and O–H groups in total. The van der Waals surface area contributed by atoms with Crippen LogP contribution >= 0.6 is 11.6 Å². The van der Waals surface area contributed by atoms with Crippen molar-refractivity contribution in [3.63, 3.8) is 0 Å².